The second-order valence-corrected chi connectivity index (χ2v) is 11.2. The van der Waals surface area contributed by atoms with Gasteiger partial charge in [-0.2, -0.15) is 0 Å². The first-order valence-corrected chi connectivity index (χ1v) is 11.8. The van der Waals surface area contributed by atoms with Gasteiger partial charge < -0.3 is 0 Å². The van der Waals surface area contributed by atoms with Gasteiger partial charge in [-0.1, -0.05) is 0 Å². The molecule has 0 spiro atoms. The van der Waals surface area contributed by atoms with E-state index in [0.717, 1.165) is 23.7 Å². The van der Waals surface area contributed by atoms with E-state index in [1.54, 1.807) is 0 Å². The maximum absolute atomic E-state index is 13.5. The molecule has 22 heavy (non-hydrogen) atoms. The van der Waals surface area contributed by atoms with Crippen molar-refractivity contribution >= 4 is 22.6 Å². The molecule has 0 saturated heterocycles. The molecule has 1 rings (SSSR count). The van der Waals surface area contributed by atoms with Crippen LogP contribution in [-0.2, 0) is 13.6 Å². The average Bonchev–Trinajstić information content (AvgIpc) is 2.42. The zero-order valence-corrected chi connectivity index (χ0v) is 16.9. The fraction of sp³-hybridized carbons (Fsp3) is 0.647. The Morgan fingerprint density at radius 3 is 2.05 bits per heavy atom. The minimum absolute atomic E-state index is 0.113. The third-order valence-electron chi connectivity index (χ3n) is 2.86. The molecular formula is C17H29O3PSe. The van der Waals surface area contributed by atoms with Crippen molar-refractivity contribution in [3.05, 3.63) is 35.9 Å². The molecule has 0 radical (unpaired) electrons. The molecule has 0 amide bonds. The van der Waals surface area contributed by atoms with E-state index in [-0.39, 0.29) is 31.7 Å². The van der Waals surface area contributed by atoms with E-state index in [4.69, 9.17) is 9.05 Å². The summed E-state index contributed by atoms with van der Waals surface area (Å²) >= 11 is 0.191. The first-order chi connectivity index (χ1) is 10.4. The van der Waals surface area contributed by atoms with Gasteiger partial charge in [-0.25, -0.2) is 0 Å². The van der Waals surface area contributed by atoms with Gasteiger partial charge in [0.05, 0.1) is 0 Å². The van der Waals surface area contributed by atoms with Crippen molar-refractivity contribution in [1.82, 2.24) is 0 Å². The van der Waals surface area contributed by atoms with Gasteiger partial charge in [-0.15, -0.1) is 0 Å². The number of unbranched alkanes of at least 4 members (excludes halogenated alkanes) is 1. The summed E-state index contributed by atoms with van der Waals surface area (Å²) in [5.74, 6) is 0. The van der Waals surface area contributed by atoms with Crippen LogP contribution in [-0.4, -0.2) is 27.2 Å². The van der Waals surface area contributed by atoms with Crippen LogP contribution in [0.4, 0.5) is 0 Å². The molecule has 1 unspecified atom stereocenters. The molecule has 0 aliphatic rings. The summed E-state index contributed by atoms with van der Waals surface area (Å²) in [5.41, 5.74) is 1.07. The van der Waals surface area contributed by atoms with E-state index in [9.17, 15) is 4.57 Å². The summed E-state index contributed by atoms with van der Waals surface area (Å²) < 4.78 is 25.1. The SMILES string of the molecule is CCCC[Se]C(c1ccccc1)P(=O)(OC(C)C)OC(C)C. The molecular weight excluding hydrogens is 362 g/mol. The van der Waals surface area contributed by atoms with E-state index in [2.05, 4.69) is 6.92 Å². The van der Waals surface area contributed by atoms with Crippen LogP contribution in [0.25, 0.3) is 0 Å². The van der Waals surface area contributed by atoms with E-state index >= 15 is 0 Å². The van der Waals surface area contributed by atoms with Gasteiger partial charge in [0, 0.05) is 0 Å². The Hall–Kier alpha value is -0.111. The third-order valence-corrected chi connectivity index (χ3v) is 9.90. The molecule has 1 aromatic carbocycles. The van der Waals surface area contributed by atoms with E-state index in [1.807, 2.05) is 58.0 Å². The quantitative estimate of drug-likeness (QED) is 0.294. The molecule has 0 fully saturated rings. The Balaban J connectivity index is 3.09. The van der Waals surface area contributed by atoms with Crippen molar-refractivity contribution in [3.8, 4) is 0 Å². The van der Waals surface area contributed by atoms with Gasteiger partial charge in [-0.3, -0.25) is 0 Å². The molecule has 0 aromatic heterocycles. The van der Waals surface area contributed by atoms with Gasteiger partial charge in [0.2, 0.25) is 0 Å². The fourth-order valence-corrected chi connectivity index (χ4v) is 8.70. The number of rotatable bonds is 10. The first-order valence-electron chi connectivity index (χ1n) is 8.02. The van der Waals surface area contributed by atoms with Crippen molar-refractivity contribution in [1.29, 1.82) is 0 Å². The number of hydrogen-bond donors (Lipinski definition) is 0. The molecule has 0 bridgehead atoms. The standard InChI is InChI=1S/C17H29O3PSe/c1-6-7-13-22-17(16-11-9-8-10-12-16)21(18,19-14(2)3)20-15(4)5/h8-12,14-15,17H,6-7,13H2,1-5H3. The zero-order chi connectivity index (χ0) is 16.6. The van der Waals surface area contributed by atoms with Crippen LogP contribution in [0.15, 0.2) is 30.3 Å². The summed E-state index contributed by atoms with van der Waals surface area (Å²) in [7, 11) is -3.18. The van der Waals surface area contributed by atoms with Crippen molar-refractivity contribution in [2.45, 2.75) is 69.5 Å². The van der Waals surface area contributed by atoms with E-state index in [1.165, 1.54) is 0 Å². The van der Waals surface area contributed by atoms with Crippen LogP contribution in [0.2, 0.25) is 5.32 Å². The van der Waals surface area contributed by atoms with Gasteiger partial charge in [0.1, 0.15) is 0 Å². The summed E-state index contributed by atoms with van der Waals surface area (Å²) in [5, 5.41) is 1.09. The second-order valence-electron chi connectivity index (χ2n) is 5.84. The molecule has 1 aromatic rings. The van der Waals surface area contributed by atoms with Crippen molar-refractivity contribution < 1.29 is 13.6 Å². The second kappa shape index (κ2) is 9.90. The molecule has 0 N–H and O–H groups in total. The molecule has 126 valence electrons. The van der Waals surface area contributed by atoms with Gasteiger partial charge in [0.15, 0.2) is 0 Å². The topological polar surface area (TPSA) is 35.5 Å². The van der Waals surface area contributed by atoms with Crippen LogP contribution in [0.3, 0.4) is 0 Å². The van der Waals surface area contributed by atoms with Crippen molar-refractivity contribution in [2.24, 2.45) is 0 Å². The van der Waals surface area contributed by atoms with Crippen LogP contribution in [0, 0.1) is 0 Å². The minimum atomic E-state index is -3.18. The Morgan fingerprint density at radius 1 is 1.05 bits per heavy atom. The first kappa shape index (κ1) is 19.9. The Bertz CT molecular complexity index is 448. The molecule has 5 heteroatoms. The van der Waals surface area contributed by atoms with Crippen LogP contribution >= 0.6 is 7.60 Å². The summed E-state index contributed by atoms with van der Waals surface area (Å²) in [6.45, 7) is 9.84. The van der Waals surface area contributed by atoms with E-state index < -0.39 is 7.60 Å². The molecule has 0 heterocycles. The monoisotopic (exact) mass is 392 g/mol. The van der Waals surface area contributed by atoms with Crippen LogP contribution in [0.5, 0.6) is 0 Å². The molecule has 1 atom stereocenters. The molecule has 0 saturated carbocycles. The predicted molar refractivity (Wildman–Crippen MR) is 94.7 cm³/mol. The summed E-state index contributed by atoms with van der Waals surface area (Å²) in [4.78, 5) is 0. The van der Waals surface area contributed by atoms with Crippen molar-refractivity contribution in [3.63, 3.8) is 0 Å². The third kappa shape index (κ3) is 6.56. The van der Waals surface area contributed by atoms with E-state index in [0.29, 0.717) is 0 Å². The van der Waals surface area contributed by atoms with Crippen molar-refractivity contribution in [2.75, 3.05) is 0 Å². The van der Waals surface area contributed by atoms with Gasteiger partial charge >= 0.3 is 142 Å². The summed E-state index contributed by atoms with van der Waals surface area (Å²) in [6, 6.07) is 10.1. The molecule has 3 nitrogen and oxygen atoms in total. The van der Waals surface area contributed by atoms with Crippen LogP contribution in [0.1, 0.15) is 57.6 Å². The fourth-order valence-electron chi connectivity index (χ4n) is 2.05. The zero-order valence-electron chi connectivity index (χ0n) is 14.3. The Kier molecular flexibility index (Phi) is 8.97. The van der Waals surface area contributed by atoms with Gasteiger partial charge in [0.25, 0.3) is 0 Å². The number of hydrogen-bond acceptors (Lipinski definition) is 3. The molecule has 0 aliphatic heterocycles. The predicted octanol–water partition coefficient (Wildman–Crippen LogP) is 5.65. The number of benzene rings is 1. The Labute approximate surface area is 141 Å². The van der Waals surface area contributed by atoms with Crippen LogP contribution < -0.4 is 0 Å². The Morgan fingerprint density at radius 2 is 1.59 bits per heavy atom. The average molecular weight is 391 g/mol. The summed E-state index contributed by atoms with van der Waals surface area (Å²) in [6.07, 6.45) is 2.09. The normalized spacial score (nSPS) is 13.8. The van der Waals surface area contributed by atoms with Gasteiger partial charge in [-0.05, 0) is 0 Å². The molecule has 0 aliphatic carbocycles. The maximum atomic E-state index is 13.5.